The Morgan fingerprint density at radius 3 is 2.80 bits per heavy atom. The molecule has 0 aliphatic carbocycles. The zero-order valence-electron chi connectivity index (χ0n) is 11.0. The lowest BCUT2D eigenvalue weighted by molar-refractivity contribution is 0.0697. The second-order valence-electron chi connectivity index (χ2n) is 4.13. The van der Waals surface area contributed by atoms with E-state index >= 15 is 0 Å². The van der Waals surface area contributed by atoms with Crippen LogP contribution < -0.4 is 15.2 Å². The van der Waals surface area contributed by atoms with Crippen LogP contribution in [-0.4, -0.2) is 24.8 Å². The molecule has 0 saturated carbocycles. The number of carbonyl (C=O) groups is 1. The zero-order chi connectivity index (χ0) is 14.5. The van der Waals surface area contributed by atoms with Crippen LogP contribution in [0, 0.1) is 0 Å². The highest BCUT2D eigenvalue weighted by Crippen LogP contribution is 2.32. The number of hydrogen-bond donors (Lipinski definition) is 2. The predicted molar refractivity (Wildman–Crippen MR) is 77.9 cm³/mol. The number of carboxylic acid groups (broad SMARTS) is 1. The smallest absolute Gasteiger partial charge is 0.337 e. The van der Waals surface area contributed by atoms with Crippen molar-refractivity contribution < 1.29 is 19.4 Å². The van der Waals surface area contributed by atoms with E-state index in [1.165, 1.54) is 24.8 Å². The van der Waals surface area contributed by atoms with Gasteiger partial charge in [0, 0.05) is 18.6 Å². The molecule has 106 valence electrons. The van der Waals surface area contributed by atoms with E-state index in [-0.39, 0.29) is 11.3 Å². The van der Waals surface area contributed by atoms with E-state index in [0.29, 0.717) is 18.1 Å². The maximum absolute atomic E-state index is 11.1. The fraction of sp³-hybridized carbons (Fsp3) is 0.214. The van der Waals surface area contributed by atoms with Crippen LogP contribution in [0.5, 0.6) is 11.5 Å². The Hall–Kier alpha value is -2.21. The molecule has 2 aromatic rings. The molecule has 0 unspecified atom stereocenters. The minimum atomic E-state index is -1.09. The van der Waals surface area contributed by atoms with Crippen molar-refractivity contribution in [2.45, 2.75) is 6.42 Å². The van der Waals surface area contributed by atoms with Crippen LogP contribution in [0.2, 0.25) is 0 Å². The number of thiophene rings is 1. The van der Waals surface area contributed by atoms with Crippen molar-refractivity contribution in [3.8, 4) is 11.5 Å². The molecular formula is C14H15NO4S. The molecule has 0 aliphatic rings. The Kier molecular flexibility index (Phi) is 4.47. The van der Waals surface area contributed by atoms with Crippen LogP contribution >= 0.6 is 11.3 Å². The first-order valence-electron chi connectivity index (χ1n) is 5.96. The molecule has 1 heterocycles. The Morgan fingerprint density at radius 1 is 1.40 bits per heavy atom. The Labute approximate surface area is 120 Å². The molecule has 5 nitrogen and oxygen atoms in total. The van der Waals surface area contributed by atoms with Crippen LogP contribution in [-0.2, 0) is 6.42 Å². The molecule has 2 rings (SSSR count). The van der Waals surface area contributed by atoms with Crippen molar-refractivity contribution in [2.75, 3.05) is 19.5 Å². The Balaban J connectivity index is 2.12. The number of benzene rings is 1. The highest BCUT2D eigenvalue weighted by molar-refractivity contribution is 7.07. The average Bonchev–Trinajstić information content (AvgIpc) is 2.92. The van der Waals surface area contributed by atoms with Gasteiger partial charge in [0.05, 0.1) is 25.0 Å². The van der Waals surface area contributed by atoms with Gasteiger partial charge >= 0.3 is 5.97 Å². The van der Waals surface area contributed by atoms with E-state index in [2.05, 4.69) is 0 Å². The Bertz CT molecular complexity index is 595. The lowest BCUT2D eigenvalue weighted by Gasteiger charge is -2.12. The number of hydrogen-bond acceptors (Lipinski definition) is 5. The minimum absolute atomic E-state index is 0.0105. The summed E-state index contributed by atoms with van der Waals surface area (Å²) in [6.45, 7) is 0.441. The normalized spacial score (nSPS) is 10.2. The number of nitrogen functional groups attached to an aromatic ring is 1. The van der Waals surface area contributed by atoms with Crippen LogP contribution in [0.1, 0.15) is 15.9 Å². The number of ether oxygens (including phenoxy) is 2. The number of methoxy groups -OCH3 is 1. The van der Waals surface area contributed by atoms with Crippen LogP contribution in [0.25, 0.3) is 0 Å². The standard InChI is InChI=1S/C14H15NO4S/c1-18-12-7-11(15)10(14(16)17)6-13(12)19-4-2-9-3-5-20-8-9/h3,5-8H,2,4,15H2,1H3,(H,16,17). The predicted octanol–water partition coefficient (Wildman–Crippen LogP) is 2.66. The first-order valence-corrected chi connectivity index (χ1v) is 6.90. The van der Waals surface area contributed by atoms with E-state index < -0.39 is 5.97 Å². The van der Waals surface area contributed by atoms with E-state index in [4.69, 9.17) is 20.3 Å². The topological polar surface area (TPSA) is 81.8 Å². The van der Waals surface area contributed by atoms with E-state index in [1.807, 2.05) is 16.8 Å². The van der Waals surface area contributed by atoms with Crippen molar-refractivity contribution >= 4 is 23.0 Å². The van der Waals surface area contributed by atoms with E-state index in [9.17, 15) is 4.79 Å². The van der Waals surface area contributed by atoms with Crippen molar-refractivity contribution in [1.82, 2.24) is 0 Å². The molecule has 0 saturated heterocycles. The van der Waals surface area contributed by atoms with Crippen molar-refractivity contribution in [1.29, 1.82) is 0 Å². The molecule has 6 heteroatoms. The van der Waals surface area contributed by atoms with Gasteiger partial charge in [-0.2, -0.15) is 11.3 Å². The van der Waals surface area contributed by atoms with Gasteiger partial charge in [-0.25, -0.2) is 4.79 Å². The number of carboxylic acids is 1. The highest BCUT2D eigenvalue weighted by Gasteiger charge is 2.14. The second-order valence-corrected chi connectivity index (χ2v) is 4.91. The van der Waals surface area contributed by atoms with Gasteiger partial charge in [0.1, 0.15) is 0 Å². The molecule has 20 heavy (non-hydrogen) atoms. The monoisotopic (exact) mass is 293 g/mol. The van der Waals surface area contributed by atoms with Gasteiger partial charge < -0.3 is 20.3 Å². The number of rotatable bonds is 6. The van der Waals surface area contributed by atoms with Gasteiger partial charge in [-0.1, -0.05) is 0 Å². The van der Waals surface area contributed by atoms with Gasteiger partial charge in [0.2, 0.25) is 0 Å². The molecule has 0 bridgehead atoms. The molecule has 0 radical (unpaired) electrons. The molecule has 1 aromatic carbocycles. The van der Waals surface area contributed by atoms with Crippen molar-refractivity contribution in [3.63, 3.8) is 0 Å². The molecule has 0 fully saturated rings. The van der Waals surface area contributed by atoms with Gasteiger partial charge in [-0.05, 0) is 22.4 Å². The molecular weight excluding hydrogens is 278 g/mol. The maximum Gasteiger partial charge on any atom is 0.337 e. The zero-order valence-corrected chi connectivity index (χ0v) is 11.8. The fourth-order valence-electron chi connectivity index (χ4n) is 1.75. The van der Waals surface area contributed by atoms with Gasteiger partial charge in [-0.15, -0.1) is 0 Å². The molecule has 1 aromatic heterocycles. The number of nitrogens with two attached hydrogens (primary N) is 1. The SMILES string of the molecule is COc1cc(N)c(C(=O)O)cc1OCCc1ccsc1. The van der Waals surface area contributed by atoms with E-state index in [1.54, 1.807) is 11.3 Å². The van der Waals surface area contributed by atoms with Crippen LogP contribution in [0.3, 0.4) is 0 Å². The third-order valence-corrected chi connectivity index (χ3v) is 3.53. The lowest BCUT2D eigenvalue weighted by Crippen LogP contribution is -2.07. The van der Waals surface area contributed by atoms with Crippen LogP contribution in [0.15, 0.2) is 29.0 Å². The third kappa shape index (κ3) is 3.21. The van der Waals surface area contributed by atoms with Crippen molar-refractivity contribution in [3.05, 3.63) is 40.1 Å². The maximum atomic E-state index is 11.1. The fourth-order valence-corrected chi connectivity index (χ4v) is 2.45. The van der Waals surface area contributed by atoms with Gasteiger partial charge in [-0.3, -0.25) is 0 Å². The molecule has 0 amide bonds. The third-order valence-electron chi connectivity index (χ3n) is 2.79. The number of aromatic carboxylic acids is 1. The number of anilines is 1. The minimum Gasteiger partial charge on any atom is -0.493 e. The molecule has 3 N–H and O–H groups in total. The van der Waals surface area contributed by atoms with Gasteiger partial charge in [0.25, 0.3) is 0 Å². The largest absolute Gasteiger partial charge is 0.493 e. The summed E-state index contributed by atoms with van der Waals surface area (Å²) in [6, 6.07) is 4.88. The summed E-state index contributed by atoms with van der Waals surface area (Å²) in [6.07, 6.45) is 0.749. The first kappa shape index (κ1) is 14.2. The summed E-state index contributed by atoms with van der Waals surface area (Å²) >= 11 is 1.63. The summed E-state index contributed by atoms with van der Waals surface area (Å²) in [5, 5.41) is 13.1. The van der Waals surface area contributed by atoms with Crippen molar-refractivity contribution in [2.24, 2.45) is 0 Å². The second kappa shape index (κ2) is 6.29. The first-order chi connectivity index (χ1) is 9.61. The average molecular weight is 293 g/mol. The molecule has 0 spiro atoms. The lowest BCUT2D eigenvalue weighted by atomic mass is 10.1. The summed E-state index contributed by atoms with van der Waals surface area (Å²) in [7, 11) is 1.49. The summed E-state index contributed by atoms with van der Waals surface area (Å²) < 4.78 is 10.8. The Morgan fingerprint density at radius 2 is 2.20 bits per heavy atom. The summed E-state index contributed by atoms with van der Waals surface area (Å²) in [5.74, 6) is -0.278. The highest BCUT2D eigenvalue weighted by atomic mass is 32.1. The molecule has 0 aliphatic heterocycles. The molecule has 0 atom stereocenters. The van der Waals surface area contributed by atoms with Crippen LogP contribution in [0.4, 0.5) is 5.69 Å². The van der Waals surface area contributed by atoms with Gasteiger partial charge in [0.15, 0.2) is 11.5 Å². The van der Waals surface area contributed by atoms with E-state index in [0.717, 1.165) is 6.42 Å². The quantitative estimate of drug-likeness (QED) is 0.800. The summed E-state index contributed by atoms with van der Waals surface area (Å²) in [4.78, 5) is 11.1. The summed E-state index contributed by atoms with van der Waals surface area (Å²) in [5.41, 5.74) is 7.00.